The molecule has 2 rings (SSSR count). The number of halogens is 1. The van der Waals surface area contributed by atoms with Gasteiger partial charge in [-0.25, -0.2) is 5.90 Å². The van der Waals surface area contributed by atoms with Crippen LogP contribution in [-0.4, -0.2) is 4.57 Å². The maximum absolute atomic E-state index is 5.09. The van der Waals surface area contributed by atoms with Crippen molar-refractivity contribution in [2.45, 2.75) is 6.61 Å². The van der Waals surface area contributed by atoms with Gasteiger partial charge in [-0.15, -0.1) is 0 Å². The van der Waals surface area contributed by atoms with Gasteiger partial charge in [-0.2, -0.15) is 0 Å². The Kier molecular flexibility index (Phi) is 2.58. The lowest BCUT2D eigenvalue weighted by molar-refractivity contribution is 0.119. The highest BCUT2D eigenvalue weighted by Crippen LogP contribution is 2.30. The monoisotopic (exact) mass is 254 g/mol. The molecular formula is C10H11BrN2O. The van der Waals surface area contributed by atoms with E-state index in [-0.39, 0.29) is 0 Å². The van der Waals surface area contributed by atoms with Gasteiger partial charge >= 0.3 is 0 Å². The van der Waals surface area contributed by atoms with Gasteiger partial charge < -0.3 is 4.57 Å². The largest absolute Gasteiger partial charge is 0.345 e. The molecule has 0 saturated heterocycles. The summed E-state index contributed by atoms with van der Waals surface area (Å²) in [4.78, 5) is 4.67. The van der Waals surface area contributed by atoms with E-state index >= 15 is 0 Å². The minimum absolute atomic E-state index is 0.408. The lowest BCUT2D eigenvalue weighted by Gasteiger charge is -2.02. The van der Waals surface area contributed by atoms with Crippen LogP contribution in [0.15, 0.2) is 28.7 Å². The molecule has 4 heteroatoms. The smallest absolute Gasteiger partial charge is 0.109 e. The number of aromatic nitrogens is 1. The van der Waals surface area contributed by atoms with Gasteiger partial charge in [-0.05, 0) is 22.0 Å². The Hall–Kier alpha value is -0.840. The first-order valence-electron chi connectivity index (χ1n) is 4.29. The fourth-order valence-corrected chi connectivity index (χ4v) is 2.35. The zero-order chi connectivity index (χ0) is 10.1. The van der Waals surface area contributed by atoms with E-state index in [4.69, 9.17) is 5.90 Å². The van der Waals surface area contributed by atoms with Gasteiger partial charge in [0, 0.05) is 22.4 Å². The summed E-state index contributed by atoms with van der Waals surface area (Å²) in [6, 6.07) is 8.17. The van der Waals surface area contributed by atoms with E-state index in [0.29, 0.717) is 6.61 Å². The number of aryl methyl sites for hydroxylation is 1. The molecule has 0 unspecified atom stereocenters. The third-order valence-electron chi connectivity index (χ3n) is 2.38. The first-order chi connectivity index (χ1) is 6.75. The number of para-hydroxylation sites is 1. The summed E-state index contributed by atoms with van der Waals surface area (Å²) >= 11 is 3.55. The molecule has 1 aromatic heterocycles. The number of benzene rings is 1. The van der Waals surface area contributed by atoms with Crippen molar-refractivity contribution in [3.8, 4) is 0 Å². The van der Waals surface area contributed by atoms with E-state index in [2.05, 4.69) is 37.5 Å². The van der Waals surface area contributed by atoms with Gasteiger partial charge in [0.15, 0.2) is 0 Å². The normalized spacial score (nSPS) is 11.1. The lowest BCUT2D eigenvalue weighted by atomic mass is 10.2. The Balaban J connectivity index is 2.72. The van der Waals surface area contributed by atoms with Crippen LogP contribution in [-0.2, 0) is 18.5 Å². The van der Waals surface area contributed by atoms with Gasteiger partial charge in [0.2, 0.25) is 0 Å². The number of nitrogens with two attached hydrogens (primary N) is 1. The van der Waals surface area contributed by atoms with E-state index in [9.17, 15) is 0 Å². The molecule has 3 nitrogen and oxygen atoms in total. The SMILES string of the molecule is Cn1c(CON)c(Br)c2ccccc21. The maximum atomic E-state index is 5.09. The molecule has 0 amide bonds. The van der Waals surface area contributed by atoms with E-state index in [1.165, 1.54) is 10.9 Å². The van der Waals surface area contributed by atoms with Crippen molar-refractivity contribution in [2.24, 2.45) is 12.9 Å². The average Bonchev–Trinajstić information content (AvgIpc) is 2.45. The van der Waals surface area contributed by atoms with Gasteiger partial charge in [0.25, 0.3) is 0 Å². The van der Waals surface area contributed by atoms with Gasteiger partial charge in [0.1, 0.15) is 6.61 Å². The summed E-state index contributed by atoms with van der Waals surface area (Å²) in [7, 11) is 2.00. The van der Waals surface area contributed by atoms with Crippen LogP contribution >= 0.6 is 15.9 Å². The van der Waals surface area contributed by atoms with Crippen molar-refractivity contribution in [2.75, 3.05) is 0 Å². The lowest BCUT2D eigenvalue weighted by Crippen LogP contribution is -2.04. The molecule has 0 radical (unpaired) electrons. The third-order valence-corrected chi connectivity index (χ3v) is 3.27. The number of hydrogen-bond acceptors (Lipinski definition) is 2. The minimum Gasteiger partial charge on any atom is -0.345 e. The molecule has 1 aromatic carbocycles. The molecule has 14 heavy (non-hydrogen) atoms. The Morgan fingerprint density at radius 1 is 1.43 bits per heavy atom. The maximum Gasteiger partial charge on any atom is 0.109 e. The second-order valence-corrected chi connectivity index (χ2v) is 3.94. The van der Waals surface area contributed by atoms with Crippen LogP contribution in [0.25, 0.3) is 10.9 Å². The molecule has 74 valence electrons. The average molecular weight is 255 g/mol. The molecule has 0 atom stereocenters. The Labute approximate surface area is 90.5 Å². The van der Waals surface area contributed by atoms with Crippen LogP contribution in [0.4, 0.5) is 0 Å². The molecule has 0 fully saturated rings. The summed E-state index contributed by atoms with van der Waals surface area (Å²) in [6.07, 6.45) is 0. The molecule has 0 aliphatic heterocycles. The number of rotatable bonds is 2. The highest BCUT2D eigenvalue weighted by Gasteiger charge is 2.11. The van der Waals surface area contributed by atoms with E-state index < -0.39 is 0 Å². The predicted octanol–water partition coefficient (Wildman–Crippen LogP) is 2.33. The molecule has 0 aliphatic rings. The number of hydrogen-bond donors (Lipinski definition) is 1. The fraction of sp³-hybridized carbons (Fsp3) is 0.200. The quantitative estimate of drug-likeness (QED) is 0.836. The first kappa shape index (κ1) is 9.71. The van der Waals surface area contributed by atoms with E-state index in [1.54, 1.807) is 0 Å². The van der Waals surface area contributed by atoms with Gasteiger partial charge in [0.05, 0.1) is 5.69 Å². The summed E-state index contributed by atoms with van der Waals surface area (Å²) in [5.41, 5.74) is 2.22. The molecule has 1 heterocycles. The van der Waals surface area contributed by atoms with E-state index in [1.807, 2.05) is 19.2 Å². The summed E-state index contributed by atoms with van der Waals surface area (Å²) in [5, 5.41) is 1.18. The Morgan fingerprint density at radius 2 is 2.14 bits per heavy atom. The zero-order valence-corrected chi connectivity index (χ0v) is 9.41. The van der Waals surface area contributed by atoms with Crippen molar-refractivity contribution < 1.29 is 4.84 Å². The summed E-state index contributed by atoms with van der Waals surface area (Å²) in [6.45, 7) is 0.408. The van der Waals surface area contributed by atoms with Crippen LogP contribution in [0.5, 0.6) is 0 Å². The van der Waals surface area contributed by atoms with Crippen molar-refractivity contribution in [1.29, 1.82) is 0 Å². The Bertz CT molecular complexity index is 425. The summed E-state index contributed by atoms with van der Waals surface area (Å²) in [5.74, 6) is 5.09. The molecule has 0 bridgehead atoms. The summed E-state index contributed by atoms with van der Waals surface area (Å²) < 4.78 is 3.13. The van der Waals surface area contributed by atoms with Crippen molar-refractivity contribution in [1.82, 2.24) is 4.57 Å². The van der Waals surface area contributed by atoms with E-state index in [0.717, 1.165) is 10.2 Å². The molecule has 2 aromatic rings. The predicted molar refractivity (Wildman–Crippen MR) is 59.6 cm³/mol. The minimum atomic E-state index is 0.408. The molecule has 0 aliphatic carbocycles. The van der Waals surface area contributed by atoms with Crippen LogP contribution in [0.3, 0.4) is 0 Å². The standard InChI is InChI=1S/C10H11BrN2O/c1-13-8-5-3-2-4-7(8)10(11)9(13)6-14-12/h2-5H,6,12H2,1H3. The van der Waals surface area contributed by atoms with Gasteiger partial charge in [-0.1, -0.05) is 18.2 Å². The second-order valence-electron chi connectivity index (χ2n) is 3.15. The van der Waals surface area contributed by atoms with Crippen LogP contribution in [0.1, 0.15) is 5.69 Å². The molecular weight excluding hydrogens is 244 g/mol. The fourth-order valence-electron chi connectivity index (χ4n) is 1.64. The molecule has 0 spiro atoms. The first-order valence-corrected chi connectivity index (χ1v) is 5.08. The van der Waals surface area contributed by atoms with Crippen LogP contribution in [0.2, 0.25) is 0 Å². The second kappa shape index (κ2) is 3.73. The zero-order valence-electron chi connectivity index (χ0n) is 7.83. The molecule has 2 N–H and O–H groups in total. The van der Waals surface area contributed by atoms with Crippen LogP contribution in [0, 0.1) is 0 Å². The third kappa shape index (κ3) is 1.35. The van der Waals surface area contributed by atoms with Crippen molar-refractivity contribution >= 4 is 26.8 Å². The number of nitrogens with zero attached hydrogens (tertiary/aromatic N) is 1. The van der Waals surface area contributed by atoms with Crippen molar-refractivity contribution in [3.05, 3.63) is 34.4 Å². The topological polar surface area (TPSA) is 40.2 Å². The van der Waals surface area contributed by atoms with Crippen molar-refractivity contribution in [3.63, 3.8) is 0 Å². The highest BCUT2D eigenvalue weighted by molar-refractivity contribution is 9.10. The van der Waals surface area contributed by atoms with Gasteiger partial charge in [-0.3, -0.25) is 4.84 Å². The number of fused-ring (bicyclic) bond motifs is 1. The molecule has 0 saturated carbocycles. The highest BCUT2D eigenvalue weighted by atomic mass is 79.9. The van der Waals surface area contributed by atoms with Crippen LogP contribution < -0.4 is 5.90 Å². The Morgan fingerprint density at radius 3 is 2.79 bits per heavy atom.